The Morgan fingerprint density at radius 1 is 1.29 bits per heavy atom. The summed E-state index contributed by atoms with van der Waals surface area (Å²) in [6.45, 7) is 4.04. The van der Waals surface area contributed by atoms with Crippen LogP contribution in [0.1, 0.15) is 44.1 Å². The van der Waals surface area contributed by atoms with Crippen molar-refractivity contribution in [1.29, 1.82) is 0 Å². The van der Waals surface area contributed by atoms with Gasteiger partial charge < -0.3 is 9.73 Å². The number of hydrogen-bond acceptors (Lipinski definition) is 3. The van der Waals surface area contributed by atoms with Crippen molar-refractivity contribution in [3.63, 3.8) is 0 Å². The molecule has 1 saturated carbocycles. The van der Waals surface area contributed by atoms with Crippen molar-refractivity contribution in [2.45, 2.75) is 45.1 Å². The summed E-state index contributed by atoms with van der Waals surface area (Å²) in [4.78, 5) is 14.6. The highest BCUT2D eigenvalue weighted by atomic mass is 16.3. The number of carbonyl (C=O) groups excluding carboxylic acids is 1. The molecule has 1 amide bonds. The number of likely N-dealkylation sites (tertiary alicyclic amines) is 1. The molecular formula is C17H26N2O2. The molecule has 0 radical (unpaired) electrons. The van der Waals surface area contributed by atoms with Crippen LogP contribution in [0.2, 0.25) is 0 Å². The molecule has 0 spiro atoms. The molecule has 2 aliphatic rings. The molecule has 1 unspecified atom stereocenters. The number of rotatable bonds is 5. The summed E-state index contributed by atoms with van der Waals surface area (Å²) in [5.41, 5.74) is 1.24. The van der Waals surface area contributed by atoms with Crippen molar-refractivity contribution in [3.05, 3.63) is 24.2 Å². The SMILES string of the molecule is O=C(NCC1CCCN(Cc2ccoc2)C1)C1CCCC1. The molecule has 2 heterocycles. The molecule has 1 saturated heterocycles. The van der Waals surface area contributed by atoms with Gasteiger partial charge in [-0.25, -0.2) is 0 Å². The van der Waals surface area contributed by atoms with Gasteiger partial charge in [0.05, 0.1) is 12.5 Å². The fourth-order valence-corrected chi connectivity index (χ4v) is 3.68. The quantitative estimate of drug-likeness (QED) is 0.907. The maximum Gasteiger partial charge on any atom is 0.223 e. The highest BCUT2D eigenvalue weighted by Crippen LogP contribution is 2.25. The van der Waals surface area contributed by atoms with E-state index in [2.05, 4.69) is 10.2 Å². The van der Waals surface area contributed by atoms with Gasteiger partial charge in [-0.3, -0.25) is 9.69 Å². The zero-order valence-electron chi connectivity index (χ0n) is 12.7. The normalized spacial score (nSPS) is 24.3. The first-order valence-corrected chi connectivity index (χ1v) is 8.32. The third-order valence-electron chi connectivity index (χ3n) is 4.88. The summed E-state index contributed by atoms with van der Waals surface area (Å²) < 4.78 is 5.14. The third-order valence-corrected chi connectivity index (χ3v) is 4.88. The minimum Gasteiger partial charge on any atom is -0.472 e. The number of piperidine rings is 1. The maximum atomic E-state index is 12.1. The van der Waals surface area contributed by atoms with Crippen LogP contribution in [0.5, 0.6) is 0 Å². The lowest BCUT2D eigenvalue weighted by Gasteiger charge is -2.32. The summed E-state index contributed by atoms with van der Waals surface area (Å²) in [7, 11) is 0. The maximum absolute atomic E-state index is 12.1. The second kappa shape index (κ2) is 7.12. The Hall–Kier alpha value is -1.29. The van der Waals surface area contributed by atoms with Crippen LogP contribution in [0.15, 0.2) is 23.0 Å². The molecule has 21 heavy (non-hydrogen) atoms. The number of carbonyl (C=O) groups is 1. The van der Waals surface area contributed by atoms with Crippen LogP contribution in [-0.4, -0.2) is 30.4 Å². The molecule has 4 heteroatoms. The molecule has 0 bridgehead atoms. The smallest absolute Gasteiger partial charge is 0.223 e. The zero-order valence-corrected chi connectivity index (χ0v) is 12.7. The van der Waals surface area contributed by atoms with Crippen LogP contribution < -0.4 is 5.32 Å². The van der Waals surface area contributed by atoms with Gasteiger partial charge in [-0.05, 0) is 44.2 Å². The van der Waals surface area contributed by atoms with Crippen LogP contribution in [0.25, 0.3) is 0 Å². The molecule has 1 atom stereocenters. The summed E-state index contributed by atoms with van der Waals surface area (Å²) in [5.74, 6) is 1.17. The standard InChI is InChI=1S/C17H26N2O2/c20-17(16-5-1-2-6-16)18-10-14-4-3-8-19(11-14)12-15-7-9-21-13-15/h7,9,13-14,16H,1-6,8,10-12H2,(H,18,20). The number of amides is 1. The predicted octanol–water partition coefficient (Wildman–Crippen LogP) is 2.80. The van der Waals surface area contributed by atoms with Crippen LogP contribution in [0.4, 0.5) is 0 Å². The number of nitrogens with one attached hydrogen (secondary N) is 1. The molecule has 1 aromatic rings. The van der Waals surface area contributed by atoms with Crippen LogP contribution in [0.3, 0.4) is 0 Å². The van der Waals surface area contributed by atoms with E-state index in [0.29, 0.717) is 11.8 Å². The van der Waals surface area contributed by atoms with E-state index in [1.54, 1.807) is 6.26 Å². The topological polar surface area (TPSA) is 45.5 Å². The van der Waals surface area contributed by atoms with E-state index >= 15 is 0 Å². The summed E-state index contributed by atoms with van der Waals surface area (Å²) >= 11 is 0. The lowest BCUT2D eigenvalue weighted by molar-refractivity contribution is -0.125. The second-order valence-electron chi connectivity index (χ2n) is 6.60. The van der Waals surface area contributed by atoms with Crippen molar-refractivity contribution in [2.24, 2.45) is 11.8 Å². The zero-order chi connectivity index (χ0) is 14.5. The van der Waals surface area contributed by atoms with E-state index in [9.17, 15) is 4.79 Å². The van der Waals surface area contributed by atoms with Gasteiger partial charge in [0.15, 0.2) is 0 Å². The van der Waals surface area contributed by atoms with E-state index in [-0.39, 0.29) is 5.92 Å². The monoisotopic (exact) mass is 290 g/mol. The van der Waals surface area contributed by atoms with Gasteiger partial charge in [-0.1, -0.05) is 12.8 Å². The molecule has 1 aliphatic carbocycles. The van der Waals surface area contributed by atoms with E-state index in [1.807, 2.05) is 12.3 Å². The van der Waals surface area contributed by atoms with Gasteiger partial charge in [0.2, 0.25) is 5.91 Å². The fraction of sp³-hybridized carbons (Fsp3) is 0.706. The Labute approximate surface area is 126 Å². The lowest BCUT2D eigenvalue weighted by atomic mass is 9.97. The van der Waals surface area contributed by atoms with E-state index in [1.165, 1.54) is 31.2 Å². The molecule has 0 aromatic carbocycles. The molecular weight excluding hydrogens is 264 g/mol. The molecule has 116 valence electrons. The summed E-state index contributed by atoms with van der Waals surface area (Å²) in [5, 5.41) is 3.19. The first-order chi connectivity index (χ1) is 10.3. The Balaban J connectivity index is 1.42. The Bertz CT molecular complexity index is 438. The Kier molecular flexibility index (Phi) is 4.96. The summed E-state index contributed by atoms with van der Waals surface area (Å²) in [6, 6.07) is 2.03. The Morgan fingerprint density at radius 2 is 2.14 bits per heavy atom. The lowest BCUT2D eigenvalue weighted by Crippen LogP contribution is -2.41. The number of hydrogen-bond donors (Lipinski definition) is 1. The van der Waals surface area contributed by atoms with Crippen LogP contribution in [-0.2, 0) is 11.3 Å². The Morgan fingerprint density at radius 3 is 2.90 bits per heavy atom. The predicted molar refractivity (Wildman–Crippen MR) is 81.7 cm³/mol. The van der Waals surface area contributed by atoms with Crippen molar-refractivity contribution in [1.82, 2.24) is 10.2 Å². The van der Waals surface area contributed by atoms with Gasteiger partial charge in [0.1, 0.15) is 0 Å². The molecule has 4 nitrogen and oxygen atoms in total. The van der Waals surface area contributed by atoms with Gasteiger partial charge in [0, 0.05) is 31.1 Å². The minimum atomic E-state index is 0.288. The van der Waals surface area contributed by atoms with E-state index < -0.39 is 0 Å². The largest absolute Gasteiger partial charge is 0.472 e. The van der Waals surface area contributed by atoms with Crippen molar-refractivity contribution < 1.29 is 9.21 Å². The third kappa shape index (κ3) is 4.10. The highest BCUT2D eigenvalue weighted by Gasteiger charge is 2.25. The van der Waals surface area contributed by atoms with Crippen molar-refractivity contribution in [3.8, 4) is 0 Å². The van der Waals surface area contributed by atoms with Gasteiger partial charge in [-0.15, -0.1) is 0 Å². The fourth-order valence-electron chi connectivity index (χ4n) is 3.68. The van der Waals surface area contributed by atoms with Crippen LogP contribution >= 0.6 is 0 Å². The van der Waals surface area contributed by atoms with E-state index in [0.717, 1.165) is 39.0 Å². The summed E-state index contributed by atoms with van der Waals surface area (Å²) in [6.07, 6.45) is 10.6. The van der Waals surface area contributed by atoms with Gasteiger partial charge in [-0.2, -0.15) is 0 Å². The van der Waals surface area contributed by atoms with Crippen LogP contribution in [0, 0.1) is 11.8 Å². The average Bonchev–Trinajstić information content (AvgIpc) is 3.18. The van der Waals surface area contributed by atoms with Crippen molar-refractivity contribution in [2.75, 3.05) is 19.6 Å². The number of nitrogens with zero attached hydrogens (tertiary/aromatic N) is 1. The molecule has 1 N–H and O–H groups in total. The van der Waals surface area contributed by atoms with E-state index in [4.69, 9.17) is 4.42 Å². The first-order valence-electron chi connectivity index (χ1n) is 8.32. The van der Waals surface area contributed by atoms with Gasteiger partial charge in [0.25, 0.3) is 0 Å². The number of furan rings is 1. The average molecular weight is 290 g/mol. The van der Waals surface area contributed by atoms with Gasteiger partial charge >= 0.3 is 0 Å². The molecule has 3 rings (SSSR count). The minimum absolute atomic E-state index is 0.288. The molecule has 1 aromatic heterocycles. The molecule has 2 fully saturated rings. The highest BCUT2D eigenvalue weighted by molar-refractivity contribution is 5.78. The first kappa shape index (κ1) is 14.6. The molecule has 1 aliphatic heterocycles. The second-order valence-corrected chi connectivity index (χ2v) is 6.60. The van der Waals surface area contributed by atoms with Crippen molar-refractivity contribution >= 4 is 5.91 Å².